The monoisotopic (exact) mass is 666 g/mol. The zero-order chi connectivity index (χ0) is 33.4. The smallest absolute Gasteiger partial charge is 0.462 e. The molecule has 3 unspecified atom stereocenters. The normalized spacial score (nSPS) is 14.2. The third-order valence-corrected chi connectivity index (χ3v) is 8.71. The second-order valence-electron chi connectivity index (χ2n) is 12.3. The highest BCUT2D eigenvalue weighted by atomic mass is 31.2. The molecular weight excluding hydrogens is 599 g/mol. The van der Waals surface area contributed by atoms with Gasteiger partial charge in [0.15, 0.2) is 6.10 Å². The zero-order valence-electron chi connectivity index (χ0n) is 28.6. The largest absolute Gasteiger partial charge is 0.472 e. The number of carbonyl (C=O) groups excluding carboxylic acids is 2. The Morgan fingerprint density at radius 2 is 0.956 bits per heavy atom. The van der Waals surface area contributed by atoms with Crippen LogP contribution in [0.25, 0.3) is 0 Å². The van der Waals surface area contributed by atoms with Crippen molar-refractivity contribution >= 4 is 19.8 Å². The Balaban J connectivity index is 4.37. The van der Waals surface area contributed by atoms with Crippen LogP contribution in [0.5, 0.6) is 0 Å². The molecular formula is C34H67O10P. The number of rotatable bonds is 34. The van der Waals surface area contributed by atoms with Crippen LogP contribution in [0.1, 0.15) is 168 Å². The number of esters is 2. The van der Waals surface area contributed by atoms with Gasteiger partial charge in [-0.05, 0) is 12.8 Å². The summed E-state index contributed by atoms with van der Waals surface area (Å²) in [7, 11) is -4.60. The summed E-state index contributed by atoms with van der Waals surface area (Å²) < 4.78 is 32.5. The van der Waals surface area contributed by atoms with E-state index in [2.05, 4.69) is 18.4 Å². The molecule has 3 atom stereocenters. The van der Waals surface area contributed by atoms with E-state index in [9.17, 15) is 24.2 Å². The van der Waals surface area contributed by atoms with Crippen molar-refractivity contribution < 1.29 is 47.8 Å². The van der Waals surface area contributed by atoms with Gasteiger partial charge in [-0.15, -0.1) is 0 Å². The lowest BCUT2D eigenvalue weighted by Crippen LogP contribution is -2.29. The minimum atomic E-state index is -4.60. The zero-order valence-corrected chi connectivity index (χ0v) is 29.5. The maximum Gasteiger partial charge on any atom is 0.472 e. The quantitative estimate of drug-likeness (QED) is 0.0348. The summed E-state index contributed by atoms with van der Waals surface area (Å²) in [6, 6.07) is 0. The molecule has 0 aliphatic heterocycles. The van der Waals surface area contributed by atoms with E-state index >= 15 is 0 Å². The molecule has 268 valence electrons. The third-order valence-electron chi connectivity index (χ3n) is 7.76. The van der Waals surface area contributed by atoms with Crippen LogP contribution >= 0.6 is 7.82 Å². The maximum absolute atomic E-state index is 12.5. The van der Waals surface area contributed by atoms with Gasteiger partial charge in [0.25, 0.3) is 0 Å². The summed E-state index contributed by atoms with van der Waals surface area (Å²) in [6.45, 7) is 2.35. The average Bonchev–Trinajstić information content (AvgIpc) is 3.02. The Labute approximate surface area is 273 Å². The number of aliphatic hydroxyl groups excluding tert-OH is 2. The summed E-state index contributed by atoms with van der Waals surface area (Å²) in [4.78, 5) is 34.6. The molecule has 0 amide bonds. The second-order valence-corrected chi connectivity index (χ2v) is 13.7. The van der Waals surface area contributed by atoms with Crippen LogP contribution in [0.15, 0.2) is 0 Å². The summed E-state index contributed by atoms with van der Waals surface area (Å²) in [5.41, 5.74) is 0. The highest BCUT2D eigenvalue weighted by Gasteiger charge is 2.27. The maximum atomic E-state index is 12.5. The Morgan fingerprint density at radius 3 is 1.38 bits per heavy atom. The number of hydrogen-bond acceptors (Lipinski definition) is 9. The summed E-state index contributed by atoms with van der Waals surface area (Å²) in [5.74, 6) is -0.920. The molecule has 0 spiro atoms. The summed E-state index contributed by atoms with van der Waals surface area (Å²) in [5, 5.41) is 18.2. The molecule has 0 saturated carbocycles. The highest BCUT2D eigenvalue weighted by molar-refractivity contribution is 7.47. The minimum Gasteiger partial charge on any atom is -0.462 e. The number of phosphoric acid groups is 1. The number of hydrogen-bond donors (Lipinski definition) is 3. The van der Waals surface area contributed by atoms with Gasteiger partial charge in [-0.3, -0.25) is 18.6 Å². The molecule has 0 aromatic heterocycles. The number of ether oxygens (including phenoxy) is 2. The van der Waals surface area contributed by atoms with Crippen molar-refractivity contribution in [3.05, 3.63) is 0 Å². The van der Waals surface area contributed by atoms with E-state index in [0.717, 1.165) is 38.5 Å². The predicted molar refractivity (Wildman–Crippen MR) is 178 cm³/mol. The highest BCUT2D eigenvalue weighted by Crippen LogP contribution is 2.43. The molecule has 0 aliphatic carbocycles. The van der Waals surface area contributed by atoms with Crippen molar-refractivity contribution in [3.8, 4) is 0 Å². The van der Waals surface area contributed by atoms with E-state index in [1.165, 1.54) is 89.9 Å². The molecule has 0 heterocycles. The average molecular weight is 667 g/mol. The SMILES string of the molecule is CCCCCCCCCCCCCCCC(=O)OC(COC(=O)CCCCCCCCCCC)COP(=O)(O)OCC(O)CO. The van der Waals surface area contributed by atoms with Gasteiger partial charge in [-0.2, -0.15) is 0 Å². The Morgan fingerprint density at radius 1 is 0.578 bits per heavy atom. The van der Waals surface area contributed by atoms with Crippen molar-refractivity contribution in [2.45, 2.75) is 180 Å². The van der Waals surface area contributed by atoms with Crippen LogP contribution in [-0.2, 0) is 32.7 Å². The van der Waals surface area contributed by atoms with E-state index in [0.29, 0.717) is 12.8 Å². The first-order valence-corrected chi connectivity index (χ1v) is 19.5. The number of carbonyl (C=O) groups is 2. The molecule has 45 heavy (non-hydrogen) atoms. The molecule has 3 N–H and O–H groups in total. The van der Waals surface area contributed by atoms with Crippen molar-refractivity contribution in [2.24, 2.45) is 0 Å². The Hall–Kier alpha value is -1.03. The van der Waals surface area contributed by atoms with Gasteiger partial charge in [0.05, 0.1) is 19.8 Å². The van der Waals surface area contributed by atoms with E-state index < -0.39 is 51.8 Å². The van der Waals surface area contributed by atoms with E-state index in [4.69, 9.17) is 19.1 Å². The Kier molecular flexibility index (Phi) is 30.8. The van der Waals surface area contributed by atoms with E-state index in [1.807, 2.05) is 0 Å². The molecule has 0 aliphatic rings. The minimum absolute atomic E-state index is 0.191. The fourth-order valence-corrected chi connectivity index (χ4v) is 5.72. The van der Waals surface area contributed by atoms with Gasteiger partial charge in [0.1, 0.15) is 12.7 Å². The second kappa shape index (κ2) is 31.6. The first-order chi connectivity index (χ1) is 21.7. The van der Waals surface area contributed by atoms with Gasteiger partial charge in [0.2, 0.25) is 0 Å². The molecule has 0 rings (SSSR count). The van der Waals surface area contributed by atoms with Gasteiger partial charge in [0, 0.05) is 12.8 Å². The van der Waals surface area contributed by atoms with Gasteiger partial charge >= 0.3 is 19.8 Å². The molecule has 11 heteroatoms. The first-order valence-electron chi connectivity index (χ1n) is 18.0. The molecule has 0 bridgehead atoms. The van der Waals surface area contributed by atoms with Crippen molar-refractivity contribution in [1.29, 1.82) is 0 Å². The van der Waals surface area contributed by atoms with Gasteiger partial charge in [-0.1, -0.05) is 142 Å². The van der Waals surface area contributed by atoms with Crippen LogP contribution in [0.4, 0.5) is 0 Å². The molecule has 0 radical (unpaired) electrons. The van der Waals surface area contributed by atoms with Crippen LogP contribution in [0.3, 0.4) is 0 Å². The van der Waals surface area contributed by atoms with Crippen molar-refractivity contribution in [3.63, 3.8) is 0 Å². The van der Waals surface area contributed by atoms with Gasteiger partial charge < -0.3 is 24.6 Å². The standard InChI is InChI=1S/C34H67O10P/c1-3-5-7-9-11-13-14-15-16-18-20-22-24-26-34(38)44-32(30-43-45(39,40)42-28-31(36)27-35)29-41-33(37)25-23-21-19-17-12-10-8-6-4-2/h31-32,35-36H,3-30H2,1-2H3,(H,39,40). The topological polar surface area (TPSA) is 149 Å². The van der Waals surface area contributed by atoms with Crippen LogP contribution < -0.4 is 0 Å². The predicted octanol–water partition coefficient (Wildman–Crippen LogP) is 8.33. The molecule has 10 nitrogen and oxygen atoms in total. The fourth-order valence-electron chi connectivity index (χ4n) is 4.93. The first kappa shape index (κ1) is 44.0. The number of unbranched alkanes of at least 4 members (excludes halogenated alkanes) is 20. The van der Waals surface area contributed by atoms with Crippen molar-refractivity contribution in [2.75, 3.05) is 26.4 Å². The summed E-state index contributed by atoms with van der Waals surface area (Å²) >= 11 is 0. The molecule has 0 aromatic rings. The van der Waals surface area contributed by atoms with E-state index in [1.54, 1.807) is 0 Å². The summed E-state index contributed by atoms with van der Waals surface area (Å²) in [6.07, 6.45) is 23.7. The Bertz CT molecular complexity index is 736. The lowest BCUT2D eigenvalue weighted by molar-refractivity contribution is -0.161. The molecule has 0 aromatic carbocycles. The van der Waals surface area contributed by atoms with Crippen LogP contribution in [0.2, 0.25) is 0 Å². The molecule has 0 fully saturated rings. The third kappa shape index (κ3) is 31.3. The van der Waals surface area contributed by atoms with E-state index in [-0.39, 0.29) is 19.4 Å². The van der Waals surface area contributed by atoms with Gasteiger partial charge in [-0.25, -0.2) is 4.57 Å². The number of aliphatic hydroxyl groups is 2. The van der Waals surface area contributed by atoms with Crippen molar-refractivity contribution in [1.82, 2.24) is 0 Å². The number of phosphoric ester groups is 1. The van der Waals surface area contributed by atoms with Crippen LogP contribution in [-0.4, -0.2) is 65.7 Å². The molecule has 0 saturated heterocycles. The lowest BCUT2D eigenvalue weighted by atomic mass is 10.0. The lowest BCUT2D eigenvalue weighted by Gasteiger charge is -2.20. The van der Waals surface area contributed by atoms with Crippen LogP contribution in [0, 0.1) is 0 Å². The fraction of sp³-hybridized carbons (Fsp3) is 0.941.